The van der Waals surface area contributed by atoms with Gasteiger partial charge in [0.1, 0.15) is 17.3 Å². The molecule has 5 heteroatoms. The molecular weight excluding hydrogens is 338 g/mol. The highest BCUT2D eigenvalue weighted by Crippen LogP contribution is 2.36. The average Bonchev–Trinajstić information content (AvgIpc) is 2.66. The maximum atomic E-state index is 6.30. The van der Waals surface area contributed by atoms with Crippen molar-refractivity contribution in [1.29, 1.82) is 0 Å². The first kappa shape index (κ1) is 15.4. The van der Waals surface area contributed by atoms with Crippen molar-refractivity contribution in [3.05, 3.63) is 33.5 Å². The Bertz CT molecular complexity index is 641. The predicted octanol–water partition coefficient (Wildman–Crippen LogP) is 4.87. The maximum Gasteiger partial charge on any atom is 0.131 e. The summed E-state index contributed by atoms with van der Waals surface area (Å²) in [6.45, 7) is 9.30. The van der Waals surface area contributed by atoms with Crippen LogP contribution in [-0.4, -0.2) is 9.55 Å². The van der Waals surface area contributed by atoms with Crippen LogP contribution in [0.2, 0.25) is 5.02 Å². The first-order chi connectivity index (χ1) is 9.25. The quantitative estimate of drug-likeness (QED) is 0.834. The van der Waals surface area contributed by atoms with Crippen LogP contribution in [0, 0.1) is 0 Å². The van der Waals surface area contributed by atoms with Crippen molar-refractivity contribution >= 4 is 33.3 Å². The zero-order valence-corrected chi connectivity index (χ0v) is 14.5. The van der Waals surface area contributed by atoms with Crippen LogP contribution in [0.15, 0.2) is 22.7 Å². The van der Waals surface area contributed by atoms with Crippen molar-refractivity contribution in [2.45, 2.75) is 39.7 Å². The summed E-state index contributed by atoms with van der Waals surface area (Å²) in [7, 11) is 0. The molecule has 0 radical (unpaired) electrons. The molecule has 2 N–H and O–H groups in total. The molecule has 0 saturated carbocycles. The van der Waals surface area contributed by atoms with Crippen LogP contribution in [0.1, 0.15) is 33.5 Å². The molecule has 0 fully saturated rings. The van der Waals surface area contributed by atoms with Crippen LogP contribution in [0.5, 0.6) is 0 Å². The third kappa shape index (κ3) is 2.72. The molecule has 0 aliphatic carbocycles. The molecule has 0 unspecified atom stereocenters. The van der Waals surface area contributed by atoms with Crippen LogP contribution in [0.4, 0.5) is 5.82 Å². The summed E-state index contributed by atoms with van der Waals surface area (Å²) in [6.07, 6.45) is 0. The zero-order valence-electron chi connectivity index (χ0n) is 12.2. The molecular formula is C15H19BrClN3. The van der Waals surface area contributed by atoms with Gasteiger partial charge in [0.05, 0.1) is 0 Å². The third-order valence-corrected chi connectivity index (χ3v) is 4.07. The molecule has 108 valence electrons. The van der Waals surface area contributed by atoms with Crippen LogP contribution >= 0.6 is 27.5 Å². The van der Waals surface area contributed by atoms with E-state index in [1.807, 2.05) is 18.2 Å². The highest BCUT2D eigenvalue weighted by Gasteiger charge is 2.25. The molecule has 1 aromatic heterocycles. The SMILES string of the molecule is CCn1c(C(C)(C)C)nc(-c2ccc(Cl)cc2Br)c1N. The largest absolute Gasteiger partial charge is 0.383 e. The van der Waals surface area contributed by atoms with Gasteiger partial charge in [-0.05, 0) is 19.1 Å². The summed E-state index contributed by atoms with van der Waals surface area (Å²) in [6, 6.07) is 5.65. The molecule has 0 amide bonds. The van der Waals surface area contributed by atoms with Gasteiger partial charge in [0.25, 0.3) is 0 Å². The van der Waals surface area contributed by atoms with Gasteiger partial charge >= 0.3 is 0 Å². The predicted molar refractivity (Wildman–Crippen MR) is 89.2 cm³/mol. The number of halogens is 2. The Morgan fingerprint density at radius 2 is 2.00 bits per heavy atom. The fourth-order valence-corrected chi connectivity index (χ4v) is 3.11. The Morgan fingerprint density at radius 1 is 1.35 bits per heavy atom. The Morgan fingerprint density at radius 3 is 2.45 bits per heavy atom. The van der Waals surface area contributed by atoms with Gasteiger partial charge in [0.15, 0.2) is 0 Å². The van der Waals surface area contributed by atoms with Crippen molar-refractivity contribution < 1.29 is 0 Å². The Labute approximate surface area is 133 Å². The van der Waals surface area contributed by atoms with Gasteiger partial charge < -0.3 is 10.3 Å². The number of aromatic nitrogens is 2. The number of hydrogen-bond donors (Lipinski definition) is 1. The van der Waals surface area contributed by atoms with Gasteiger partial charge in [-0.3, -0.25) is 0 Å². The fraction of sp³-hybridized carbons (Fsp3) is 0.400. The van der Waals surface area contributed by atoms with E-state index in [9.17, 15) is 0 Å². The van der Waals surface area contributed by atoms with E-state index in [4.69, 9.17) is 22.3 Å². The Balaban J connectivity index is 2.67. The van der Waals surface area contributed by atoms with Crippen molar-refractivity contribution in [2.75, 3.05) is 5.73 Å². The standard InChI is InChI=1S/C15H19BrClN3/c1-5-20-13(18)12(19-14(20)15(2,3)4)10-7-6-9(17)8-11(10)16/h6-8H,5,18H2,1-4H3. The van der Waals surface area contributed by atoms with Gasteiger partial charge in [-0.2, -0.15) is 0 Å². The van der Waals surface area contributed by atoms with Crippen LogP contribution in [0.25, 0.3) is 11.3 Å². The topological polar surface area (TPSA) is 43.8 Å². The lowest BCUT2D eigenvalue weighted by Gasteiger charge is -2.19. The summed E-state index contributed by atoms with van der Waals surface area (Å²) in [5.41, 5.74) is 8.01. The number of nitrogens with zero attached hydrogens (tertiary/aromatic N) is 2. The molecule has 0 bridgehead atoms. The molecule has 1 heterocycles. The second kappa shape index (κ2) is 5.41. The minimum Gasteiger partial charge on any atom is -0.383 e. The minimum atomic E-state index is -0.0543. The number of nitrogen functional groups attached to an aromatic ring is 1. The lowest BCUT2D eigenvalue weighted by molar-refractivity contribution is 0.508. The summed E-state index contributed by atoms with van der Waals surface area (Å²) in [4.78, 5) is 4.78. The van der Waals surface area contributed by atoms with Crippen molar-refractivity contribution in [3.8, 4) is 11.3 Å². The summed E-state index contributed by atoms with van der Waals surface area (Å²) < 4.78 is 2.97. The van der Waals surface area contributed by atoms with E-state index in [0.717, 1.165) is 28.1 Å². The molecule has 0 aliphatic rings. The van der Waals surface area contributed by atoms with E-state index < -0.39 is 0 Å². The fourth-order valence-electron chi connectivity index (χ4n) is 2.24. The normalized spacial score (nSPS) is 11.9. The van der Waals surface area contributed by atoms with E-state index >= 15 is 0 Å². The van der Waals surface area contributed by atoms with Gasteiger partial charge in [0, 0.05) is 27.0 Å². The molecule has 2 rings (SSSR count). The lowest BCUT2D eigenvalue weighted by atomic mass is 9.95. The van der Waals surface area contributed by atoms with E-state index in [1.54, 1.807) is 0 Å². The van der Waals surface area contributed by atoms with Crippen LogP contribution in [-0.2, 0) is 12.0 Å². The van der Waals surface area contributed by atoms with E-state index in [2.05, 4.69) is 48.2 Å². The molecule has 1 aromatic carbocycles. The number of benzene rings is 1. The van der Waals surface area contributed by atoms with E-state index in [0.29, 0.717) is 10.8 Å². The smallest absolute Gasteiger partial charge is 0.131 e. The minimum absolute atomic E-state index is 0.0543. The molecule has 20 heavy (non-hydrogen) atoms. The summed E-state index contributed by atoms with van der Waals surface area (Å²) in [5, 5.41) is 0.685. The molecule has 0 aliphatic heterocycles. The number of hydrogen-bond acceptors (Lipinski definition) is 2. The van der Waals surface area contributed by atoms with Crippen LogP contribution in [0.3, 0.4) is 0 Å². The Kier molecular flexibility index (Phi) is 4.17. The number of nitrogens with two attached hydrogens (primary N) is 1. The zero-order chi connectivity index (χ0) is 15.1. The molecule has 3 nitrogen and oxygen atoms in total. The molecule has 0 saturated heterocycles. The van der Waals surface area contributed by atoms with Gasteiger partial charge in [0.2, 0.25) is 0 Å². The first-order valence-electron chi connectivity index (χ1n) is 6.57. The number of rotatable bonds is 2. The number of anilines is 1. The first-order valence-corrected chi connectivity index (χ1v) is 7.74. The van der Waals surface area contributed by atoms with Crippen molar-refractivity contribution in [1.82, 2.24) is 9.55 Å². The van der Waals surface area contributed by atoms with Gasteiger partial charge in [-0.25, -0.2) is 4.98 Å². The lowest BCUT2D eigenvalue weighted by Crippen LogP contribution is -2.19. The van der Waals surface area contributed by atoms with Crippen LogP contribution < -0.4 is 5.73 Å². The Hall–Kier alpha value is -1.00. The second-order valence-electron chi connectivity index (χ2n) is 5.79. The molecule has 0 spiro atoms. The summed E-state index contributed by atoms with van der Waals surface area (Å²) >= 11 is 9.53. The second-order valence-corrected chi connectivity index (χ2v) is 7.08. The van der Waals surface area contributed by atoms with E-state index in [1.165, 1.54) is 0 Å². The third-order valence-electron chi connectivity index (χ3n) is 3.18. The van der Waals surface area contributed by atoms with Crippen molar-refractivity contribution in [3.63, 3.8) is 0 Å². The van der Waals surface area contributed by atoms with Crippen molar-refractivity contribution in [2.24, 2.45) is 0 Å². The van der Waals surface area contributed by atoms with Gasteiger partial charge in [-0.1, -0.05) is 54.4 Å². The highest BCUT2D eigenvalue weighted by atomic mass is 79.9. The molecule has 0 atom stereocenters. The number of imidazole rings is 1. The van der Waals surface area contributed by atoms with E-state index in [-0.39, 0.29) is 5.41 Å². The summed E-state index contributed by atoms with van der Waals surface area (Å²) in [5.74, 6) is 1.69. The average molecular weight is 357 g/mol. The highest BCUT2D eigenvalue weighted by molar-refractivity contribution is 9.10. The van der Waals surface area contributed by atoms with Gasteiger partial charge in [-0.15, -0.1) is 0 Å². The molecule has 2 aromatic rings. The monoisotopic (exact) mass is 355 g/mol. The maximum absolute atomic E-state index is 6.30.